The molecule has 0 unspecified atom stereocenters. The van der Waals surface area contributed by atoms with E-state index >= 15 is 0 Å². The number of thioether (sulfide) groups is 1. The molecule has 0 bridgehead atoms. The zero-order valence-corrected chi connectivity index (χ0v) is 13.4. The van der Waals surface area contributed by atoms with Crippen molar-refractivity contribution < 1.29 is 4.79 Å². The molecule has 4 nitrogen and oxygen atoms in total. The van der Waals surface area contributed by atoms with E-state index in [1.807, 2.05) is 23.3 Å². The minimum Gasteiger partial charge on any atom is -0.323 e. The first-order valence-corrected chi connectivity index (χ1v) is 8.28. The zero-order valence-electron chi connectivity index (χ0n) is 11.9. The van der Waals surface area contributed by atoms with Gasteiger partial charge in [0.1, 0.15) is 0 Å². The standard InChI is InChI=1S/C14H20ClN3OS/c1-17-6-3-7-18(9-8-17)14(19)16-12-10-11(15)4-5-13(12)20-2/h4-5,10H,3,6-9H2,1-2H3,(H,16,19). The SMILES string of the molecule is CSc1ccc(Cl)cc1NC(=O)N1CCCN(C)CC1. The van der Waals surface area contributed by atoms with Gasteiger partial charge in [0.05, 0.1) is 5.69 Å². The highest BCUT2D eigenvalue weighted by Gasteiger charge is 2.18. The van der Waals surface area contributed by atoms with Crippen LogP contribution in [0.15, 0.2) is 23.1 Å². The molecular formula is C14H20ClN3OS. The van der Waals surface area contributed by atoms with E-state index in [9.17, 15) is 4.79 Å². The fourth-order valence-corrected chi connectivity index (χ4v) is 2.93. The van der Waals surface area contributed by atoms with Crippen molar-refractivity contribution >= 4 is 35.1 Å². The molecule has 0 saturated carbocycles. The summed E-state index contributed by atoms with van der Waals surface area (Å²) in [5.41, 5.74) is 0.785. The second kappa shape index (κ2) is 7.20. The quantitative estimate of drug-likeness (QED) is 0.852. The Morgan fingerprint density at radius 1 is 1.30 bits per heavy atom. The Hall–Kier alpha value is -0.910. The molecule has 0 spiro atoms. The van der Waals surface area contributed by atoms with Gasteiger partial charge in [0.25, 0.3) is 0 Å². The number of benzene rings is 1. The molecule has 0 radical (unpaired) electrons. The molecule has 1 aliphatic rings. The van der Waals surface area contributed by atoms with Gasteiger partial charge < -0.3 is 15.1 Å². The molecule has 0 aliphatic carbocycles. The molecule has 1 saturated heterocycles. The summed E-state index contributed by atoms with van der Waals surface area (Å²) < 4.78 is 0. The number of likely N-dealkylation sites (N-methyl/N-ethyl adjacent to an activating group) is 1. The van der Waals surface area contributed by atoms with Crippen molar-refractivity contribution in [1.82, 2.24) is 9.80 Å². The second-order valence-corrected chi connectivity index (χ2v) is 6.20. The summed E-state index contributed by atoms with van der Waals surface area (Å²) in [7, 11) is 2.09. The summed E-state index contributed by atoms with van der Waals surface area (Å²) in [5, 5.41) is 3.61. The molecule has 0 aromatic heterocycles. The summed E-state index contributed by atoms with van der Waals surface area (Å²) in [6, 6.07) is 5.52. The van der Waals surface area contributed by atoms with E-state index in [-0.39, 0.29) is 6.03 Å². The van der Waals surface area contributed by atoms with E-state index in [1.165, 1.54) is 0 Å². The summed E-state index contributed by atoms with van der Waals surface area (Å²) in [5.74, 6) is 0. The van der Waals surface area contributed by atoms with Gasteiger partial charge in [-0.25, -0.2) is 4.79 Å². The number of urea groups is 1. The highest BCUT2D eigenvalue weighted by atomic mass is 35.5. The van der Waals surface area contributed by atoms with E-state index in [0.29, 0.717) is 5.02 Å². The van der Waals surface area contributed by atoms with Gasteiger partial charge in [-0.15, -0.1) is 11.8 Å². The molecule has 1 N–H and O–H groups in total. The fourth-order valence-electron chi connectivity index (χ4n) is 2.22. The van der Waals surface area contributed by atoms with Crippen molar-refractivity contribution in [3.05, 3.63) is 23.2 Å². The van der Waals surface area contributed by atoms with Crippen LogP contribution in [0.25, 0.3) is 0 Å². The third-order valence-corrected chi connectivity index (χ3v) is 4.44. The van der Waals surface area contributed by atoms with Crippen molar-refractivity contribution in [3.63, 3.8) is 0 Å². The Labute approximate surface area is 129 Å². The van der Waals surface area contributed by atoms with Crippen LogP contribution in [0, 0.1) is 0 Å². The predicted molar refractivity (Wildman–Crippen MR) is 85.9 cm³/mol. The van der Waals surface area contributed by atoms with Gasteiger partial charge in [-0.2, -0.15) is 0 Å². The molecule has 1 aliphatic heterocycles. The minimum absolute atomic E-state index is 0.0436. The normalized spacial score (nSPS) is 16.9. The Kier molecular flexibility index (Phi) is 5.57. The molecule has 1 fully saturated rings. The molecule has 110 valence electrons. The molecule has 1 aromatic rings. The number of anilines is 1. The van der Waals surface area contributed by atoms with Crippen molar-refractivity contribution in [2.24, 2.45) is 0 Å². The van der Waals surface area contributed by atoms with Crippen LogP contribution in [-0.2, 0) is 0 Å². The molecule has 6 heteroatoms. The Balaban J connectivity index is 2.05. The van der Waals surface area contributed by atoms with Crippen LogP contribution in [0.5, 0.6) is 0 Å². The molecule has 2 rings (SSSR count). The van der Waals surface area contributed by atoms with Crippen LogP contribution >= 0.6 is 23.4 Å². The topological polar surface area (TPSA) is 35.6 Å². The van der Waals surface area contributed by atoms with Gasteiger partial charge in [0.2, 0.25) is 0 Å². The summed E-state index contributed by atoms with van der Waals surface area (Å²) in [6.45, 7) is 3.51. The maximum Gasteiger partial charge on any atom is 0.321 e. The van der Waals surface area contributed by atoms with E-state index in [1.54, 1.807) is 17.8 Å². The van der Waals surface area contributed by atoms with Crippen LogP contribution in [0.4, 0.5) is 10.5 Å². The largest absolute Gasteiger partial charge is 0.323 e. The van der Waals surface area contributed by atoms with Gasteiger partial charge in [-0.3, -0.25) is 0 Å². The van der Waals surface area contributed by atoms with Crippen molar-refractivity contribution in [2.45, 2.75) is 11.3 Å². The summed E-state index contributed by atoms with van der Waals surface area (Å²) in [6.07, 6.45) is 2.99. The lowest BCUT2D eigenvalue weighted by Crippen LogP contribution is -2.37. The lowest BCUT2D eigenvalue weighted by molar-refractivity contribution is 0.213. The molecule has 20 heavy (non-hydrogen) atoms. The maximum absolute atomic E-state index is 12.4. The van der Waals surface area contributed by atoms with Crippen molar-refractivity contribution in [3.8, 4) is 0 Å². The Morgan fingerprint density at radius 2 is 2.10 bits per heavy atom. The number of carbonyl (C=O) groups excluding carboxylic acids is 1. The third-order valence-electron chi connectivity index (χ3n) is 3.41. The number of hydrogen-bond acceptors (Lipinski definition) is 3. The summed E-state index contributed by atoms with van der Waals surface area (Å²) in [4.78, 5) is 17.5. The third kappa shape index (κ3) is 4.04. The van der Waals surface area contributed by atoms with Gasteiger partial charge in [-0.05, 0) is 44.5 Å². The summed E-state index contributed by atoms with van der Waals surface area (Å²) >= 11 is 7.60. The van der Waals surface area contributed by atoms with E-state index in [2.05, 4.69) is 17.3 Å². The number of hydrogen-bond donors (Lipinski definition) is 1. The lowest BCUT2D eigenvalue weighted by Gasteiger charge is -2.21. The molecule has 2 amide bonds. The average molecular weight is 314 g/mol. The number of rotatable bonds is 2. The van der Waals surface area contributed by atoms with E-state index in [4.69, 9.17) is 11.6 Å². The van der Waals surface area contributed by atoms with Crippen LogP contribution in [0.3, 0.4) is 0 Å². The van der Waals surface area contributed by atoms with Crippen LogP contribution < -0.4 is 5.32 Å². The first kappa shape index (κ1) is 15.5. The van der Waals surface area contributed by atoms with Gasteiger partial charge in [0, 0.05) is 29.6 Å². The lowest BCUT2D eigenvalue weighted by atomic mass is 10.3. The number of halogens is 1. The predicted octanol–water partition coefficient (Wildman–Crippen LogP) is 3.23. The maximum atomic E-state index is 12.4. The Morgan fingerprint density at radius 3 is 2.85 bits per heavy atom. The smallest absolute Gasteiger partial charge is 0.321 e. The first-order valence-electron chi connectivity index (χ1n) is 6.68. The first-order chi connectivity index (χ1) is 9.60. The number of nitrogens with one attached hydrogen (secondary N) is 1. The van der Waals surface area contributed by atoms with Gasteiger partial charge in [-0.1, -0.05) is 11.6 Å². The molecule has 1 aromatic carbocycles. The average Bonchev–Trinajstić information content (AvgIpc) is 2.64. The molecule has 1 heterocycles. The van der Waals surface area contributed by atoms with E-state index < -0.39 is 0 Å². The van der Waals surface area contributed by atoms with Crippen LogP contribution in [0.1, 0.15) is 6.42 Å². The number of nitrogens with zero attached hydrogens (tertiary/aromatic N) is 2. The van der Waals surface area contributed by atoms with Crippen LogP contribution in [-0.4, -0.2) is 55.3 Å². The number of amides is 2. The second-order valence-electron chi connectivity index (χ2n) is 4.92. The minimum atomic E-state index is -0.0436. The van der Waals surface area contributed by atoms with E-state index in [0.717, 1.165) is 43.2 Å². The highest BCUT2D eigenvalue weighted by molar-refractivity contribution is 7.98. The fraction of sp³-hybridized carbons (Fsp3) is 0.500. The van der Waals surface area contributed by atoms with Gasteiger partial charge >= 0.3 is 6.03 Å². The Bertz CT molecular complexity index is 483. The van der Waals surface area contributed by atoms with Crippen molar-refractivity contribution in [1.29, 1.82) is 0 Å². The number of carbonyl (C=O) groups is 1. The van der Waals surface area contributed by atoms with Crippen LogP contribution in [0.2, 0.25) is 5.02 Å². The van der Waals surface area contributed by atoms with Crippen molar-refractivity contribution in [2.75, 3.05) is 44.8 Å². The monoisotopic (exact) mass is 313 g/mol. The molecular weight excluding hydrogens is 294 g/mol. The highest BCUT2D eigenvalue weighted by Crippen LogP contribution is 2.28. The zero-order chi connectivity index (χ0) is 14.5. The van der Waals surface area contributed by atoms with Gasteiger partial charge in [0.15, 0.2) is 0 Å². The molecule has 0 atom stereocenters.